The van der Waals surface area contributed by atoms with E-state index < -0.39 is 0 Å². The highest BCUT2D eigenvalue weighted by atomic mass is 32.1. The molecule has 1 saturated heterocycles. The van der Waals surface area contributed by atoms with Gasteiger partial charge < -0.3 is 9.42 Å². The Labute approximate surface area is 137 Å². The summed E-state index contributed by atoms with van der Waals surface area (Å²) >= 11 is 1.67. The second-order valence-corrected chi connectivity index (χ2v) is 6.92. The van der Waals surface area contributed by atoms with E-state index in [1.165, 1.54) is 0 Å². The van der Waals surface area contributed by atoms with Gasteiger partial charge in [-0.1, -0.05) is 17.3 Å². The SMILES string of the molecule is Cc1cc(C(=O)N2CCCC[C@H]2c2nc3ccccc3s2)on1. The first-order valence-electron chi connectivity index (χ1n) is 7.82. The summed E-state index contributed by atoms with van der Waals surface area (Å²) in [6, 6.07) is 9.83. The fraction of sp³-hybridized carbons (Fsp3) is 0.353. The minimum atomic E-state index is -0.0884. The largest absolute Gasteiger partial charge is 0.351 e. The molecule has 0 spiro atoms. The Morgan fingerprint density at radius 2 is 2.22 bits per heavy atom. The third-order valence-electron chi connectivity index (χ3n) is 4.20. The van der Waals surface area contributed by atoms with Gasteiger partial charge in [0, 0.05) is 12.6 Å². The Bertz CT molecular complexity index is 821. The number of carbonyl (C=O) groups excluding carboxylic acids is 1. The molecule has 1 amide bonds. The van der Waals surface area contributed by atoms with E-state index in [2.05, 4.69) is 11.2 Å². The maximum atomic E-state index is 12.8. The molecule has 3 aromatic rings. The molecule has 6 heteroatoms. The predicted molar refractivity (Wildman–Crippen MR) is 88.5 cm³/mol. The molecule has 118 valence electrons. The van der Waals surface area contributed by atoms with Crippen LogP contribution in [0.5, 0.6) is 0 Å². The molecule has 1 atom stereocenters. The minimum absolute atomic E-state index is 0.0269. The van der Waals surface area contributed by atoms with Crippen LogP contribution in [0.2, 0.25) is 0 Å². The van der Waals surface area contributed by atoms with Crippen LogP contribution in [-0.2, 0) is 0 Å². The van der Waals surface area contributed by atoms with Crippen molar-refractivity contribution in [3.63, 3.8) is 0 Å². The number of likely N-dealkylation sites (tertiary alicyclic amines) is 1. The fourth-order valence-corrected chi connectivity index (χ4v) is 4.19. The van der Waals surface area contributed by atoms with Crippen LogP contribution >= 0.6 is 11.3 Å². The van der Waals surface area contributed by atoms with E-state index in [0.29, 0.717) is 5.76 Å². The van der Waals surface area contributed by atoms with Crippen LogP contribution in [0.3, 0.4) is 0 Å². The van der Waals surface area contributed by atoms with Gasteiger partial charge in [-0.2, -0.15) is 0 Å². The topological polar surface area (TPSA) is 59.2 Å². The highest BCUT2D eigenvalue weighted by Gasteiger charge is 2.32. The second kappa shape index (κ2) is 5.77. The number of amides is 1. The number of piperidine rings is 1. The first-order valence-corrected chi connectivity index (χ1v) is 8.64. The molecule has 5 nitrogen and oxygen atoms in total. The Balaban J connectivity index is 1.68. The molecule has 3 heterocycles. The predicted octanol–water partition coefficient (Wildman–Crippen LogP) is 3.96. The molecule has 0 unspecified atom stereocenters. The van der Waals surface area contributed by atoms with Crippen molar-refractivity contribution in [1.29, 1.82) is 0 Å². The first kappa shape index (κ1) is 14.4. The highest BCUT2D eigenvalue weighted by molar-refractivity contribution is 7.18. The number of hydrogen-bond donors (Lipinski definition) is 0. The maximum Gasteiger partial charge on any atom is 0.293 e. The standard InChI is InChI=1S/C17H17N3O2S/c1-11-10-14(22-19-11)17(21)20-9-5-4-7-13(20)16-18-12-6-2-3-8-15(12)23-16/h2-3,6,8,10,13H,4-5,7,9H2,1H3/t13-/m0/s1. The molecule has 0 N–H and O–H groups in total. The van der Waals surface area contributed by atoms with Gasteiger partial charge in [0.05, 0.1) is 22.0 Å². The highest BCUT2D eigenvalue weighted by Crippen LogP contribution is 2.36. The zero-order chi connectivity index (χ0) is 15.8. The van der Waals surface area contributed by atoms with Gasteiger partial charge >= 0.3 is 0 Å². The zero-order valence-electron chi connectivity index (χ0n) is 12.9. The van der Waals surface area contributed by atoms with E-state index in [9.17, 15) is 4.79 Å². The molecule has 1 aliphatic heterocycles. The van der Waals surface area contributed by atoms with Gasteiger partial charge in [-0.15, -0.1) is 11.3 Å². The summed E-state index contributed by atoms with van der Waals surface area (Å²) in [5.74, 6) is 0.227. The normalized spacial score (nSPS) is 18.5. The number of thiazole rings is 1. The third-order valence-corrected chi connectivity index (χ3v) is 5.34. The maximum absolute atomic E-state index is 12.8. The smallest absolute Gasteiger partial charge is 0.293 e. The van der Waals surface area contributed by atoms with E-state index in [-0.39, 0.29) is 11.9 Å². The molecule has 1 aromatic carbocycles. The van der Waals surface area contributed by atoms with E-state index in [1.54, 1.807) is 17.4 Å². The lowest BCUT2D eigenvalue weighted by atomic mass is 10.0. The van der Waals surface area contributed by atoms with Gasteiger partial charge in [-0.3, -0.25) is 4.79 Å². The molecule has 1 aliphatic rings. The van der Waals surface area contributed by atoms with Crippen molar-refractivity contribution in [2.45, 2.75) is 32.2 Å². The molecular formula is C17H17N3O2S. The molecule has 1 fully saturated rings. The summed E-state index contributed by atoms with van der Waals surface area (Å²) in [6.45, 7) is 2.56. The van der Waals surface area contributed by atoms with Crippen LogP contribution in [0.25, 0.3) is 10.2 Å². The van der Waals surface area contributed by atoms with Crippen LogP contribution in [0.4, 0.5) is 0 Å². The molecular weight excluding hydrogens is 310 g/mol. The quantitative estimate of drug-likeness (QED) is 0.715. The monoisotopic (exact) mass is 327 g/mol. The lowest BCUT2D eigenvalue weighted by Gasteiger charge is -2.33. The van der Waals surface area contributed by atoms with Crippen molar-refractivity contribution in [2.24, 2.45) is 0 Å². The van der Waals surface area contributed by atoms with E-state index in [4.69, 9.17) is 9.51 Å². The summed E-state index contributed by atoms with van der Waals surface area (Å²) in [6.07, 6.45) is 3.07. The zero-order valence-corrected chi connectivity index (χ0v) is 13.7. The summed E-state index contributed by atoms with van der Waals surface area (Å²) < 4.78 is 6.33. The first-order chi connectivity index (χ1) is 11.2. The number of aromatic nitrogens is 2. The third kappa shape index (κ3) is 2.63. The summed E-state index contributed by atoms with van der Waals surface area (Å²) in [4.78, 5) is 19.4. The number of nitrogens with zero attached hydrogens (tertiary/aromatic N) is 3. The summed E-state index contributed by atoms with van der Waals surface area (Å²) in [5.41, 5.74) is 1.72. The number of benzene rings is 1. The van der Waals surface area contributed by atoms with Crippen molar-refractivity contribution in [3.05, 3.63) is 46.8 Å². The van der Waals surface area contributed by atoms with Crippen LogP contribution in [0.15, 0.2) is 34.9 Å². The number of carbonyl (C=O) groups is 1. The summed E-state index contributed by atoms with van der Waals surface area (Å²) in [5, 5.41) is 4.84. The molecule has 23 heavy (non-hydrogen) atoms. The minimum Gasteiger partial charge on any atom is -0.351 e. The Kier molecular flexibility index (Phi) is 3.61. The Morgan fingerprint density at radius 1 is 1.35 bits per heavy atom. The Hall–Kier alpha value is -2.21. The van der Waals surface area contributed by atoms with Gasteiger partial charge in [-0.25, -0.2) is 4.98 Å². The van der Waals surface area contributed by atoms with Crippen molar-refractivity contribution >= 4 is 27.5 Å². The average molecular weight is 327 g/mol. The van der Waals surface area contributed by atoms with Crippen LogP contribution in [0, 0.1) is 6.92 Å². The lowest BCUT2D eigenvalue weighted by Crippen LogP contribution is -2.38. The van der Waals surface area contributed by atoms with Gasteiger partial charge in [0.25, 0.3) is 5.91 Å². The number of para-hydroxylation sites is 1. The van der Waals surface area contributed by atoms with Gasteiger partial charge in [0.1, 0.15) is 5.01 Å². The fourth-order valence-electron chi connectivity index (χ4n) is 3.07. The van der Waals surface area contributed by atoms with Gasteiger partial charge in [0.2, 0.25) is 5.76 Å². The average Bonchev–Trinajstić information content (AvgIpc) is 3.20. The molecule has 0 radical (unpaired) electrons. The Morgan fingerprint density at radius 3 is 3.00 bits per heavy atom. The van der Waals surface area contributed by atoms with Gasteiger partial charge in [-0.05, 0) is 38.3 Å². The van der Waals surface area contributed by atoms with Crippen molar-refractivity contribution in [2.75, 3.05) is 6.54 Å². The van der Waals surface area contributed by atoms with Crippen molar-refractivity contribution in [3.8, 4) is 0 Å². The number of hydrogen-bond acceptors (Lipinski definition) is 5. The second-order valence-electron chi connectivity index (χ2n) is 5.86. The number of rotatable bonds is 2. The summed E-state index contributed by atoms with van der Waals surface area (Å²) in [7, 11) is 0. The molecule has 4 rings (SSSR count). The van der Waals surface area contributed by atoms with Gasteiger partial charge in [0.15, 0.2) is 0 Å². The molecule has 0 bridgehead atoms. The van der Waals surface area contributed by atoms with Crippen molar-refractivity contribution in [1.82, 2.24) is 15.0 Å². The number of aryl methyl sites for hydroxylation is 1. The molecule has 0 aliphatic carbocycles. The lowest BCUT2D eigenvalue weighted by molar-refractivity contribution is 0.0569. The van der Waals surface area contributed by atoms with Crippen LogP contribution in [0.1, 0.15) is 46.6 Å². The molecule has 2 aromatic heterocycles. The van der Waals surface area contributed by atoms with Crippen LogP contribution in [-0.4, -0.2) is 27.5 Å². The molecule has 0 saturated carbocycles. The van der Waals surface area contributed by atoms with Crippen LogP contribution < -0.4 is 0 Å². The number of fused-ring (bicyclic) bond motifs is 1. The van der Waals surface area contributed by atoms with E-state index in [1.807, 2.05) is 30.0 Å². The van der Waals surface area contributed by atoms with E-state index >= 15 is 0 Å². The van der Waals surface area contributed by atoms with E-state index in [0.717, 1.165) is 46.7 Å². The van der Waals surface area contributed by atoms with Crippen molar-refractivity contribution < 1.29 is 9.32 Å².